The number of anilines is 3. The number of hydrogen-bond donors (Lipinski definition) is 1. The highest BCUT2D eigenvalue weighted by Crippen LogP contribution is 2.48. The van der Waals surface area contributed by atoms with Crippen LogP contribution in [0.3, 0.4) is 0 Å². The van der Waals surface area contributed by atoms with E-state index in [1.807, 2.05) is 65.6 Å². The van der Waals surface area contributed by atoms with Gasteiger partial charge in [-0.15, -0.1) is 0 Å². The third kappa shape index (κ3) is 5.20. The Labute approximate surface area is 241 Å². The second-order valence-corrected chi connectivity index (χ2v) is 12.2. The predicted octanol–water partition coefficient (Wildman–Crippen LogP) is 6.31. The number of nitrogens with zero attached hydrogens (tertiary/aromatic N) is 3. The van der Waals surface area contributed by atoms with Crippen molar-refractivity contribution >= 4 is 40.4 Å². The largest absolute Gasteiger partial charge is 0.368 e. The van der Waals surface area contributed by atoms with E-state index >= 15 is 0 Å². The molecule has 1 saturated heterocycles. The van der Waals surface area contributed by atoms with Crippen LogP contribution < -0.4 is 15.1 Å². The van der Waals surface area contributed by atoms with Gasteiger partial charge < -0.3 is 20.0 Å². The number of benzene rings is 3. The summed E-state index contributed by atoms with van der Waals surface area (Å²) in [6, 6.07) is 25.7. The fourth-order valence-electron chi connectivity index (χ4n) is 6.32. The van der Waals surface area contributed by atoms with Crippen LogP contribution >= 0.6 is 11.6 Å². The fourth-order valence-corrected chi connectivity index (χ4v) is 6.45. The van der Waals surface area contributed by atoms with Crippen molar-refractivity contribution in [3.05, 3.63) is 101 Å². The van der Waals surface area contributed by atoms with Crippen molar-refractivity contribution in [2.45, 2.75) is 32.7 Å². The molecule has 7 heteroatoms. The van der Waals surface area contributed by atoms with E-state index in [9.17, 15) is 9.59 Å². The number of rotatable bonds is 4. The van der Waals surface area contributed by atoms with E-state index in [4.69, 9.17) is 11.6 Å². The van der Waals surface area contributed by atoms with E-state index in [-0.39, 0.29) is 29.7 Å². The lowest BCUT2D eigenvalue weighted by atomic mass is 9.73. The van der Waals surface area contributed by atoms with Crippen LogP contribution in [0, 0.1) is 5.41 Å². The molecule has 0 saturated carbocycles. The summed E-state index contributed by atoms with van der Waals surface area (Å²) in [5, 5.41) is 4.35. The number of para-hydroxylation sites is 2. The highest BCUT2D eigenvalue weighted by molar-refractivity contribution is 6.30. The Kier molecular flexibility index (Phi) is 7.05. The molecule has 1 N–H and O–H groups in total. The second kappa shape index (κ2) is 10.7. The number of piperazine rings is 1. The van der Waals surface area contributed by atoms with E-state index in [0.717, 1.165) is 58.4 Å². The molecule has 3 aromatic rings. The molecule has 0 spiro atoms. The van der Waals surface area contributed by atoms with Crippen LogP contribution in [0.25, 0.3) is 0 Å². The van der Waals surface area contributed by atoms with Crippen molar-refractivity contribution < 1.29 is 9.59 Å². The SMILES string of the molecule is CC1(C)CC(=O)C2=C(C1)Nc1ccccc1N(CC(=O)N1CCN(c3ccc(Cl)cc3)CC1)C2c1ccccc1. The van der Waals surface area contributed by atoms with Crippen molar-refractivity contribution in [1.82, 2.24) is 4.90 Å². The Hall–Kier alpha value is -3.77. The number of carbonyl (C=O) groups excluding carboxylic acids is 2. The first-order chi connectivity index (χ1) is 19.3. The van der Waals surface area contributed by atoms with Crippen LogP contribution in [-0.4, -0.2) is 49.3 Å². The minimum atomic E-state index is -0.352. The number of halogens is 1. The molecule has 1 aliphatic carbocycles. The van der Waals surface area contributed by atoms with Gasteiger partial charge in [0.2, 0.25) is 5.91 Å². The molecular weight excluding hydrogens is 520 g/mol. The molecule has 0 aromatic heterocycles. The Bertz CT molecular complexity index is 1440. The number of allylic oxidation sites excluding steroid dienone is 1. The maximum Gasteiger partial charge on any atom is 0.242 e. The number of amides is 1. The molecule has 1 fully saturated rings. The molecule has 6 rings (SSSR count). The number of Topliss-reactive ketones (excluding diaryl/α,β-unsaturated/α-hetero) is 1. The van der Waals surface area contributed by atoms with Gasteiger partial charge in [0.05, 0.1) is 24.0 Å². The quantitative estimate of drug-likeness (QED) is 0.410. The van der Waals surface area contributed by atoms with Gasteiger partial charge >= 0.3 is 0 Å². The van der Waals surface area contributed by atoms with Gasteiger partial charge in [-0.2, -0.15) is 0 Å². The van der Waals surface area contributed by atoms with Gasteiger partial charge in [-0.25, -0.2) is 0 Å². The van der Waals surface area contributed by atoms with E-state index in [0.29, 0.717) is 19.5 Å². The third-order valence-electron chi connectivity index (χ3n) is 8.25. The highest BCUT2D eigenvalue weighted by Gasteiger charge is 2.42. The lowest BCUT2D eigenvalue weighted by Gasteiger charge is -2.40. The topological polar surface area (TPSA) is 55.9 Å². The molecule has 0 bridgehead atoms. The average molecular weight is 555 g/mol. The zero-order valence-corrected chi connectivity index (χ0v) is 23.8. The Morgan fingerprint density at radius 3 is 2.30 bits per heavy atom. The Balaban J connectivity index is 1.32. The summed E-state index contributed by atoms with van der Waals surface area (Å²) in [4.78, 5) is 34.1. The van der Waals surface area contributed by atoms with Crippen molar-refractivity contribution in [1.29, 1.82) is 0 Å². The van der Waals surface area contributed by atoms with Gasteiger partial charge in [0, 0.05) is 54.6 Å². The number of ketones is 1. The van der Waals surface area contributed by atoms with Gasteiger partial charge in [-0.1, -0.05) is 67.9 Å². The van der Waals surface area contributed by atoms with Crippen LogP contribution in [0.4, 0.5) is 17.1 Å². The van der Waals surface area contributed by atoms with Crippen LogP contribution in [-0.2, 0) is 9.59 Å². The number of hydrogen-bond acceptors (Lipinski definition) is 5. The van der Waals surface area contributed by atoms with Gasteiger partial charge in [0.15, 0.2) is 5.78 Å². The van der Waals surface area contributed by atoms with Crippen molar-refractivity contribution in [2.24, 2.45) is 5.41 Å². The predicted molar refractivity (Wildman–Crippen MR) is 162 cm³/mol. The molecule has 40 heavy (non-hydrogen) atoms. The Morgan fingerprint density at radius 2 is 1.57 bits per heavy atom. The maximum atomic E-state index is 13.9. The van der Waals surface area contributed by atoms with Gasteiger partial charge in [0.1, 0.15) is 0 Å². The van der Waals surface area contributed by atoms with E-state index in [1.54, 1.807) is 0 Å². The number of fused-ring (bicyclic) bond motifs is 1. The summed E-state index contributed by atoms with van der Waals surface area (Å²) < 4.78 is 0. The minimum Gasteiger partial charge on any atom is -0.368 e. The Morgan fingerprint density at radius 1 is 0.900 bits per heavy atom. The van der Waals surface area contributed by atoms with Crippen LogP contribution in [0.1, 0.15) is 38.3 Å². The summed E-state index contributed by atoms with van der Waals surface area (Å²) in [6.45, 7) is 7.30. The summed E-state index contributed by atoms with van der Waals surface area (Å²) in [7, 11) is 0. The first-order valence-electron chi connectivity index (χ1n) is 14.0. The van der Waals surface area contributed by atoms with E-state index in [2.05, 4.69) is 47.2 Å². The fraction of sp³-hybridized carbons (Fsp3) is 0.333. The number of nitrogens with one attached hydrogen (secondary N) is 1. The summed E-state index contributed by atoms with van der Waals surface area (Å²) in [5.74, 6) is 0.216. The lowest BCUT2D eigenvalue weighted by Crippen LogP contribution is -2.52. The van der Waals surface area contributed by atoms with Crippen molar-refractivity contribution in [2.75, 3.05) is 47.8 Å². The molecule has 6 nitrogen and oxygen atoms in total. The standard InChI is InChI=1S/C33H35ClN4O2/c1-33(2)20-27-31(29(39)21-33)32(23-8-4-3-5-9-23)38(28-11-7-6-10-26(28)35-27)22-30(40)37-18-16-36(17-19-37)25-14-12-24(34)13-15-25/h3-15,32,35H,16-22H2,1-2H3. The van der Waals surface area contributed by atoms with E-state index in [1.165, 1.54) is 0 Å². The lowest BCUT2D eigenvalue weighted by molar-refractivity contribution is -0.130. The van der Waals surface area contributed by atoms with Crippen LogP contribution in [0.15, 0.2) is 90.1 Å². The average Bonchev–Trinajstić information content (AvgIpc) is 3.08. The monoisotopic (exact) mass is 554 g/mol. The van der Waals surface area contributed by atoms with E-state index < -0.39 is 0 Å². The normalized spacial score (nSPS) is 20.4. The van der Waals surface area contributed by atoms with Crippen LogP contribution in [0.5, 0.6) is 0 Å². The summed E-state index contributed by atoms with van der Waals surface area (Å²) >= 11 is 6.07. The zero-order chi connectivity index (χ0) is 27.9. The minimum absolute atomic E-state index is 0.0686. The molecule has 2 heterocycles. The highest BCUT2D eigenvalue weighted by atomic mass is 35.5. The number of carbonyl (C=O) groups is 2. The van der Waals surface area contributed by atoms with Gasteiger partial charge in [0.25, 0.3) is 0 Å². The zero-order valence-electron chi connectivity index (χ0n) is 23.1. The smallest absolute Gasteiger partial charge is 0.242 e. The molecule has 3 aliphatic rings. The van der Waals surface area contributed by atoms with Crippen molar-refractivity contribution in [3.8, 4) is 0 Å². The first kappa shape index (κ1) is 26.5. The molecule has 1 unspecified atom stereocenters. The van der Waals surface area contributed by atoms with Crippen LogP contribution in [0.2, 0.25) is 5.02 Å². The second-order valence-electron chi connectivity index (χ2n) is 11.8. The van der Waals surface area contributed by atoms with Crippen molar-refractivity contribution in [3.63, 3.8) is 0 Å². The molecule has 206 valence electrons. The first-order valence-corrected chi connectivity index (χ1v) is 14.4. The molecule has 3 aromatic carbocycles. The molecular formula is C33H35ClN4O2. The third-order valence-corrected chi connectivity index (χ3v) is 8.50. The maximum absolute atomic E-state index is 13.9. The molecule has 0 radical (unpaired) electrons. The molecule has 1 atom stereocenters. The van der Waals surface area contributed by atoms with Gasteiger partial charge in [-0.3, -0.25) is 9.59 Å². The summed E-state index contributed by atoms with van der Waals surface area (Å²) in [6.07, 6.45) is 1.27. The molecule has 1 amide bonds. The summed E-state index contributed by atoms with van der Waals surface area (Å²) in [5.41, 5.74) is 5.61. The molecule has 2 aliphatic heterocycles. The van der Waals surface area contributed by atoms with Gasteiger partial charge in [-0.05, 0) is 53.8 Å².